The molecule has 0 saturated carbocycles. The average molecular weight is 290 g/mol. The minimum absolute atomic E-state index is 0.0393. The molecule has 114 valence electrons. The number of hydrogen-bond acceptors (Lipinski definition) is 5. The van der Waals surface area contributed by atoms with Crippen LogP contribution in [0.5, 0.6) is 0 Å². The number of oxime groups is 1. The Kier molecular flexibility index (Phi) is 4.63. The fourth-order valence-corrected chi connectivity index (χ4v) is 2.36. The van der Waals surface area contributed by atoms with Crippen molar-refractivity contribution in [1.82, 2.24) is 0 Å². The summed E-state index contributed by atoms with van der Waals surface area (Å²) in [4.78, 5) is 17.1. The molecular formula is C16H22N2O3. The smallest absolute Gasteiger partial charge is 0.354 e. The molecule has 5 nitrogen and oxygen atoms in total. The van der Waals surface area contributed by atoms with Crippen LogP contribution >= 0.6 is 0 Å². The Hall–Kier alpha value is -1.88. The number of esters is 1. The summed E-state index contributed by atoms with van der Waals surface area (Å²) in [6.07, 6.45) is 1.43. The van der Waals surface area contributed by atoms with Crippen LogP contribution in [-0.4, -0.2) is 30.9 Å². The molecule has 1 aromatic rings. The lowest BCUT2D eigenvalue weighted by Crippen LogP contribution is -2.46. The van der Waals surface area contributed by atoms with Crippen molar-refractivity contribution in [2.75, 3.05) is 13.7 Å². The summed E-state index contributed by atoms with van der Waals surface area (Å²) in [5.74, 6) is 0.0407. The molecule has 2 atom stereocenters. The van der Waals surface area contributed by atoms with Gasteiger partial charge < -0.3 is 15.3 Å². The maximum absolute atomic E-state index is 11.8. The first-order chi connectivity index (χ1) is 10.1. The van der Waals surface area contributed by atoms with Crippen LogP contribution in [0.15, 0.2) is 29.4 Å². The largest absolute Gasteiger partial charge is 0.466 e. The Morgan fingerprint density at radius 3 is 2.67 bits per heavy atom. The predicted octanol–water partition coefficient (Wildman–Crippen LogP) is 2.20. The number of benzene rings is 1. The molecular weight excluding hydrogens is 268 g/mol. The summed E-state index contributed by atoms with van der Waals surface area (Å²) in [5, 5.41) is 4.03. The molecule has 2 unspecified atom stereocenters. The maximum Gasteiger partial charge on any atom is 0.354 e. The van der Waals surface area contributed by atoms with Gasteiger partial charge >= 0.3 is 5.97 Å². The number of carbonyl (C=O) groups excluding carboxylic acids is 1. The SMILES string of the molecule is CCC(C)c1ccc(C2=NOC(CN)(C(=O)OC)C2)cc1. The summed E-state index contributed by atoms with van der Waals surface area (Å²) in [7, 11) is 1.32. The van der Waals surface area contributed by atoms with Crippen molar-refractivity contribution in [2.45, 2.75) is 38.2 Å². The van der Waals surface area contributed by atoms with E-state index in [9.17, 15) is 4.79 Å². The summed E-state index contributed by atoms with van der Waals surface area (Å²) < 4.78 is 4.76. The first kappa shape index (κ1) is 15.5. The Bertz CT molecular complexity index is 539. The van der Waals surface area contributed by atoms with Gasteiger partial charge in [0, 0.05) is 13.0 Å². The van der Waals surface area contributed by atoms with Crippen molar-refractivity contribution in [3.63, 3.8) is 0 Å². The van der Waals surface area contributed by atoms with Crippen molar-refractivity contribution in [1.29, 1.82) is 0 Å². The van der Waals surface area contributed by atoms with E-state index in [1.165, 1.54) is 12.7 Å². The summed E-state index contributed by atoms with van der Waals surface area (Å²) in [5.41, 5.74) is 7.45. The highest BCUT2D eigenvalue weighted by Crippen LogP contribution is 2.28. The first-order valence-corrected chi connectivity index (χ1v) is 7.20. The zero-order chi connectivity index (χ0) is 15.5. The van der Waals surface area contributed by atoms with Crippen molar-refractivity contribution in [2.24, 2.45) is 10.9 Å². The molecule has 0 bridgehead atoms. The van der Waals surface area contributed by atoms with Gasteiger partial charge in [0.15, 0.2) is 0 Å². The lowest BCUT2D eigenvalue weighted by molar-refractivity contribution is -0.165. The number of hydrogen-bond donors (Lipinski definition) is 1. The maximum atomic E-state index is 11.8. The monoisotopic (exact) mass is 290 g/mol. The van der Waals surface area contributed by atoms with Crippen LogP contribution in [0.3, 0.4) is 0 Å². The van der Waals surface area contributed by atoms with E-state index >= 15 is 0 Å². The van der Waals surface area contributed by atoms with Crippen LogP contribution in [0.1, 0.15) is 43.7 Å². The number of nitrogens with zero attached hydrogens (tertiary/aromatic N) is 1. The number of nitrogens with two attached hydrogens (primary N) is 1. The summed E-state index contributed by atoms with van der Waals surface area (Å²) in [6.45, 7) is 4.40. The zero-order valence-corrected chi connectivity index (χ0v) is 12.8. The van der Waals surface area contributed by atoms with E-state index in [4.69, 9.17) is 15.3 Å². The molecule has 1 aliphatic heterocycles. The van der Waals surface area contributed by atoms with E-state index in [2.05, 4.69) is 31.1 Å². The molecule has 0 amide bonds. The Morgan fingerprint density at radius 2 is 2.14 bits per heavy atom. The topological polar surface area (TPSA) is 73.9 Å². The highest BCUT2D eigenvalue weighted by molar-refractivity contribution is 6.04. The van der Waals surface area contributed by atoms with E-state index in [1.807, 2.05) is 12.1 Å². The molecule has 0 fully saturated rings. The molecule has 1 aliphatic rings. The fourth-order valence-electron chi connectivity index (χ4n) is 2.36. The van der Waals surface area contributed by atoms with Gasteiger partial charge in [-0.1, -0.05) is 43.3 Å². The van der Waals surface area contributed by atoms with E-state index in [-0.39, 0.29) is 6.54 Å². The van der Waals surface area contributed by atoms with E-state index in [0.717, 1.165) is 17.7 Å². The third kappa shape index (κ3) is 2.93. The average Bonchev–Trinajstić information content (AvgIpc) is 2.99. The highest BCUT2D eigenvalue weighted by atomic mass is 16.7. The highest BCUT2D eigenvalue weighted by Gasteiger charge is 2.46. The van der Waals surface area contributed by atoms with E-state index in [1.54, 1.807) is 0 Å². The van der Waals surface area contributed by atoms with Crippen molar-refractivity contribution in [3.8, 4) is 0 Å². The molecule has 0 saturated heterocycles. The van der Waals surface area contributed by atoms with Gasteiger partial charge in [-0.3, -0.25) is 0 Å². The third-order valence-electron chi connectivity index (χ3n) is 4.10. The van der Waals surface area contributed by atoms with Crippen LogP contribution in [0.25, 0.3) is 0 Å². The molecule has 0 aromatic heterocycles. The van der Waals surface area contributed by atoms with Crippen molar-refractivity contribution in [3.05, 3.63) is 35.4 Å². The number of ether oxygens (including phenoxy) is 1. The van der Waals surface area contributed by atoms with Crippen LogP contribution in [-0.2, 0) is 14.4 Å². The Balaban J connectivity index is 2.16. The van der Waals surface area contributed by atoms with Gasteiger partial charge in [-0.15, -0.1) is 0 Å². The van der Waals surface area contributed by atoms with Crippen LogP contribution in [0, 0.1) is 0 Å². The number of rotatable bonds is 5. The second-order valence-electron chi connectivity index (χ2n) is 5.43. The second kappa shape index (κ2) is 6.26. The third-order valence-corrected chi connectivity index (χ3v) is 4.10. The van der Waals surface area contributed by atoms with E-state index < -0.39 is 11.6 Å². The molecule has 2 N–H and O–H groups in total. The summed E-state index contributed by atoms with van der Waals surface area (Å²) >= 11 is 0. The molecule has 1 heterocycles. The minimum Gasteiger partial charge on any atom is -0.466 e. The van der Waals surface area contributed by atoms with Gasteiger partial charge in [0.1, 0.15) is 0 Å². The Labute approximate surface area is 125 Å². The molecule has 0 radical (unpaired) electrons. The minimum atomic E-state index is -1.18. The first-order valence-electron chi connectivity index (χ1n) is 7.20. The fraction of sp³-hybridized carbons (Fsp3) is 0.500. The van der Waals surface area contributed by atoms with Crippen LogP contribution in [0.2, 0.25) is 0 Å². The van der Waals surface area contributed by atoms with Gasteiger partial charge in [0.25, 0.3) is 5.60 Å². The van der Waals surface area contributed by atoms with Gasteiger partial charge in [-0.05, 0) is 23.5 Å². The lowest BCUT2D eigenvalue weighted by Gasteiger charge is -2.21. The van der Waals surface area contributed by atoms with Crippen LogP contribution < -0.4 is 5.73 Å². The molecule has 21 heavy (non-hydrogen) atoms. The molecule has 0 aliphatic carbocycles. The van der Waals surface area contributed by atoms with Gasteiger partial charge in [0.05, 0.1) is 12.8 Å². The predicted molar refractivity (Wildman–Crippen MR) is 81.2 cm³/mol. The molecule has 2 rings (SSSR count). The second-order valence-corrected chi connectivity index (χ2v) is 5.43. The van der Waals surface area contributed by atoms with Gasteiger partial charge in [-0.25, -0.2) is 4.79 Å². The molecule has 0 spiro atoms. The van der Waals surface area contributed by atoms with E-state index in [0.29, 0.717) is 12.3 Å². The van der Waals surface area contributed by atoms with Gasteiger partial charge in [0.2, 0.25) is 0 Å². The van der Waals surface area contributed by atoms with Crippen molar-refractivity contribution < 1.29 is 14.4 Å². The normalized spacial score (nSPS) is 22.4. The standard InChI is InChI=1S/C16H22N2O3/c1-4-11(2)12-5-7-13(8-6-12)14-9-16(10-17,21-18-14)15(19)20-3/h5-8,11H,4,9-10,17H2,1-3H3. The number of methoxy groups -OCH3 is 1. The Morgan fingerprint density at radius 1 is 1.48 bits per heavy atom. The molecule has 1 aromatic carbocycles. The number of carbonyl (C=O) groups is 1. The lowest BCUT2D eigenvalue weighted by atomic mass is 9.92. The zero-order valence-electron chi connectivity index (χ0n) is 12.8. The molecule has 5 heteroatoms. The van der Waals surface area contributed by atoms with Crippen molar-refractivity contribution >= 4 is 11.7 Å². The summed E-state index contributed by atoms with van der Waals surface area (Å²) in [6, 6.07) is 8.19. The van der Waals surface area contributed by atoms with Crippen LogP contribution in [0.4, 0.5) is 0 Å². The van der Waals surface area contributed by atoms with Gasteiger partial charge in [-0.2, -0.15) is 0 Å². The quantitative estimate of drug-likeness (QED) is 0.844.